The van der Waals surface area contributed by atoms with Gasteiger partial charge in [0.25, 0.3) is 0 Å². The molecule has 1 aromatic carbocycles. The molecule has 0 radical (unpaired) electrons. The molecule has 1 saturated carbocycles. The lowest BCUT2D eigenvalue weighted by Crippen LogP contribution is -2.27. The quantitative estimate of drug-likeness (QED) is 0.874. The number of nitrogens with two attached hydrogens (primary N) is 1. The summed E-state index contributed by atoms with van der Waals surface area (Å²) in [5, 5.41) is 2.89. The van der Waals surface area contributed by atoms with E-state index in [2.05, 4.69) is 11.4 Å². The predicted molar refractivity (Wildman–Crippen MR) is 74.2 cm³/mol. The Morgan fingerprint density at radius 2 is 2.21 bits per heavy atom. The van der Waals surface area contributed by atoms with Crippen LogP contribution in [0.3, 0.4) is 0 Å². The van der Waals surface area contributed by atoms with Crippen molar-refractivity contribution in [1.29, 1.82) is 0 Å². The zero-order valence-electron chi connectivity index (χ0n) is 11.0. The summed E-state index contributed by atoms with van der Waals surface area (Å²) >= 11 is 0. The predicted octanol–water partition coefficient (Wildman–Crippen LogP) is 2.08. The van der Waals surface area contributed by atoms with Gasteiger partial charge in [0.1, 0.15) is 11.9 Å². The van der Waals surface area contributed by atoms with Crippen molar-refractivity contribution in [2.45, 2.75) is 38.2 Å². The van der Waals surface area contributed by atoms with Gasteiger partial charge in [0.15, 0.2) is 0 Å². The van der Waals surface area contributed by atoms with Crippen LogP contribution in [0.4, 0.5) is 5.69 Å². The van der Waals surface area contributed by atoms with E-state index in [1.807, 2.05) is 12.1 Å². The molecule has 0 saturated heterocycles. The van der Waals surface area contributed by atoms with Crippen LogP contribution in [-0.2, 0) is 11.2 Å². The number of fused-ring (bicyclic) bond motifs is 1. The van der Waals surface area contributed by atoms with E-state index in [4.69, 9.17) is 10.5 Å². The van der Waals surface area contributed by atoms with Crippen molar-refractivity contribution in [3.63, 3.8) is 0 Å². The van der Waals surface area contributed by atoms with Gasteiger partial charge in [-0.15, -0.1) is 0 Å². The maximum absolute atomic E-state index is 11.3. The zero-order chi connectivity index (χ0) is 13.2. The summed E-state index contributed by atoms with van der Waals surface area (Å²) in [4.78, 5) is 11.3. The van der Waals surface area contributed by atoms with E-state index in [0.29, 0.717) is 18.9 Å². The number of amides is 1. The van der Waals surface area contributed by atoms with E-state index in [-0.39, 0.29) is 12.0 Å². The van der Waals surface area contributed by atoms with Crippen LogP contribution in [0.25, 0.3) is 0 Å². The van der Waals surface area contributed by atoms with Gasteiger partial charge in [-0.2, -0.15) is 0 Å². The largest absolute Gasteiger partial charge is 0.490 e. The minimum atomic E-state index is 0.0974. The Bertz CT molecular complexity index is 487. The van der Waals surface area contributed by atoms with E-state index in [9.17, 15) is 4.79 Å². The fourth-order valence-electron chi connectivity index (χ4n) is 3.04. The summed E-state index contributed by atoms with van der Waals surface area (Å²) in [6.45, 7) is 0.700. The van der Waals surface area contributed by atoms with Crippen LogP contribution in [0.1, 0.15) is 31.2 Å². The second-order valence-electron chi connectivity index (χ2n) is 5.45. The molecule has 1 aliphatic carbocycles. The molecule has 1 heterocycles. The van der Waals surface area contributed by atoms with E-state index in [1.165, 1.54) is 18.4 Å². The first-order valence-electron chi connectivity index (χ1n) is 7.06. The number of ether oxygens (including phenoxy) is 1. The van der Waals surface area contributed by atoms with E-state index >= 15 is 0 Å². The van der Waals surface area contributed by atoms with E-state index < -0.39 is 0 Å². The Morgan fingerprint density at radius 3 is 3.05 bits per heavy atom. The van der Waals surface area contributed by atoms with E-state index in [0.717, 1.165) is 24.3 Å². The zero-order valence-corrected chi connectivity index (χ0v) is 11.0. The normalized spacial score (nSPS) is 25.8. The first-order chi connectivity index (χ1) is 9.26. The van der Waals surface area contributed by atoms with Crippen molar-refractivity contribution in [2.24, 2.45) is 11.7 Å². The molecular weight excluding hydrogens is 240 g/mol. The molecule has 4 heteroatoms. The molecule has 2 unspecified atom stereocenters. The average Bonchev–Trinajstić information content (AvgIpc) is 2.86. The molecule has 1 aromatic rings. The molecular formula is C15H20N2O2. The Morgan fingerprint density at radius 1 is 1.32 bits per heavy atom. The Hall–Kier alpha value is -1.55. The smallest absolute Gasteiger partial charge is 0.224 e. The Kier molecular flexibility index (Phi) is 3.42. The van der Waals surface area contributed by atoms with Gasteiger partial charge in [-0.05, 0) is 56.0 Å². The number of hydrogen-bond donors (Lipinski definition) is 2. The van der Waals surface area contributed by atoms with Crippen molar-refractivity contribution in [1.82, 2.24) is 0 Å². The third kappa shape index (κ3) is 2.59. The SMILES string of the molecule is NCC1CCCC1Oc1ccc2c(c1)CCC(=O)N2. The van der Waals surface area contributed by atoms with Crippen LogP contribution in [0.5, 0.6) is 5.75 Å². The molecule has 3 N–H and O–H groups in total. The molecule has 0 spiro atoms. The number of benzene rings is 1. The van der Waals surface area contributed by atoms with Gasteiger partial charge < -0.3 is 15.8 Å². The summed E-state index contributed by atoms with van der Waals surface area (Å²) in [5.41, 5.74) is 7.86. The van der Waals surface area contributed by atoms with Gasteiger partial charge in [0.05, 0.1) is 0 Å². The first-order valence-corrected chi connectivity index (χ1v) is 7.06. The van der Waals surface area contributed by atoms with Crippen LogP contribution >= 0.6 is 0 Å². The fourth-order valence-corrected chi connectivity index (χ4v) is 3.04. The van der Waals surface area contributed by atoms with Crippen LogP contribution in [0.15, 0.2) is 18.2 Å². The third-order valence-electron chi connectivity index (χ3n) is 4.15. The topological polar surface area (TPSA) is 64.3 Å². The third-order valence-corrected chi connectivity index (χ3v) is 4.15. The minimum Gasteiger partial charge on any atom is -0.490 e. The second-order valence-corrected chi connectivity index (χ2v) is 5.45. The molecule has 1 aliphatic heterocycles. The van der Waals surface area contributed by atoms with Crippen LogP contribution in [-0.4, -0.2) is 18.6 Å². The molecule has 2 aliphatic rings. The minimum absolute atomic E-state index is 0.0974. The molecule has 102 valence electrons. The number of aryl methyl sites for hydroxylation is 1. The number of carbonyl (C=O) groups excluding carboxylic acids is 1. The number of nitrogens with one attached hydrogen (secondary N) is 1. The summed E-state index contributed by atoms with van der Waals surface area (Å²) < 4.78 is 6.08. The number of anilines is 1. The van der Waals surface area contributed by atoms with Crippen LogP contribution < -0.4 is 15.8 Å². The van der Waals surface area contributed by atoms with Gasteiger partial charge in [0.2, 0.25) is 5.91 Å². The van der Waals surface area contributed by atoms with Gasteiger partial charge in [-0.25, -0.2) is 0 Å². The average molecular weight is 260 g/mol. The van der Waals surface area contributed by atoms with Crippen LogP contribution in [0.2, 0.25) is 0 Å². The van der Waals surface area contributed by atoms with Gasteiger partial charge in [0, 0.05) is 18.0 Å². The van der Waals surface area contributed by atoms with Crippen molar-refractivity contribution >= 4 is 11.6 Å². The lowest BCUT2D eigenvalue weighted by molar-refractivity contribution is -0.116. The van der Waals surface area contributed by atoms with E-state index in [1.54, 1.807) is 0 Å². The lowest BCUT2D eigenvalue weighted by Gasteiger charge is -2.22. The summed E-state index contributed by atoms with van der Waals surface area (Å²) in [6, 6.07) is 5.94. The van der Waals surface area contributed by atoms with Crippen molar-refractivity contribution < 1.29 is 9.53 Å². The highest BCUT2D eigenvalue weighted by Gasteiger charge is 2.28. The van der Waals surface area contributed by atoms with Crippen LogP contribution in [0, 0.1) is 5.92 Å². The standard InChI is InChI=1S/C15H20N2O2/c16-9-11-2-1-3-14(11)19-12-5-6-13-10(8-12)4-7-15(18)17-13/h5-6,8,11,14H,1-4,7,9,16H2,(H,17,18). The molecule has 1 fully saturated rings. The monoisotopic (exact) mass is 260 g/mol. The van der Waals surface area contributed by atoms with Crippen molar-refractivity contribution in [3.05, 3.63) is 23.8 Å². The molecule has 3 rings (SSSR count). The summed E-state index contributed by atoms with van der Waals surface area (Å²) in [5.74, 6) is 1.48. The van der Waals surface area contributed by atoms with Gasteiger partial charge in [-0.3, -0.25) is 4.79 Å². The van der Waals surface area contributed by atoms with Gasteiger partial charge >= 0.3 is 0 Å². The molecule has 4 nitrogen and oxygen atoms in total. The lowest BCUT2D eigenvalue weighted by atomic mass is 10.0. The number of hydrogen-bond acceptors (Lipinski definition) is 3. The van der Waals surface area contributed by atoms with Gasteiger partial charge in [-0.1, -0.05) is 0 Å². The summed E-state index contributed by atoms with van der Waals surface area (Å²) in [6.07, 6.45) is 5.07. The molecule has 19 heavy (non-hydrogen) atoms. The summed E-state index contributed by atoms with van der Waals surface area (Å²) in [7, 11) is 0. The maximum Gasteiger partial charge on any atom is 0.224 e. The Balaban J connectivity index is 1.74. The van der Waals surface area contributed by atoms with Crippen molar-refractivity contribution in [3.8, 4) is 5.75 Å². The fraction of sp³-hybridized carbons (Fsp3) is 0.533. The second kappa shape index (κ2) is 5.21. The Labute approximate surface area is 113 Å². The molecule has 1 amide bonds. The highest BCUT2D eigenvalue weighted by Crippen LogP contribution is 2.32. The first kappa shape index (κ1) is 12.5. The maximum atomic E-state index is 11.3. The molecule has 0 aromatic heterocycles. The van der Waals surface area contributed by atoms with Crippen molar-refractivity contribution in [2.75, 3.05) is 11.9 Å². The molecule has 0 bridgehead atoms. The highest BCUT2D eigenvalue weighted by molar-refractivity contribution is 5.93. The molecule has 2 atom stereocenters. The number of rotatable bonds is 3. The highest BCUT2D eigenvalue weighted by atomic mass is 16.5. The number of carbonyl (C=O) groups is 1.